The second-order valence-corrected chi connectivity index (χ2v) is 2.11. The molecule has 0 unspecified atom stereocenters. The van der Waals surface area contributed by atoms with Crippen molar-refractivity contribution in [3.05, 3.63) is 24.2 Å². The summed E-state index contributed by atoms with van der Waals surface area (Å²) in [4.78, 5) is 5.99. The summed E-state index contributed by atoms with van der Waals surface area (Å²) in [5, 5.41) is 0. The summed E-state index contributed by atoms with van der Waals surface area (Å²) in [7, 11) is 1.93. The van der Waals surface area contributed by atoms with E-state index in [0.29, 0.717) is 5.84 Å². The molecule has 54 valence electrons. The molecule has 10 heavy (non-hydrogen) atoms. The molecule has 0 saturated heterocycles. The standard InChI is InChI=1S/C7H11N3/c1-3-7-9-6(8)4-5-10(7)2/h3-5H,1-2H3,(H2,8,9)/b7-3-. The van der Waals surface area contributed by atoms with Crippen molar-refractivity contribution in [2.75, 3.05) is 7.05 Å². The molecule has 1 aliphatic heterocycles. The second kappa shape index (κ2) is 2.56. The largest absolute Gasteiger partial charge is 0.384 e. The number of nitrogens with two attached hydrogens (primary N) is 1. The van der Waals surface area contributed by atoms with Crippen molar-refractivity contribution in [1.82, 2.24) is 4.90 Å². The van der Waals surface area contributed by atoms with Gasteiger partial charge in [-0.2, -0.15) is 0 Å². The van der Waals surface area contributed by atoms with Crippen LogP contribution in [0, 0.1) is 0 Å². The van der Waals surface area contributed by atoms with E-state index in [9.17, 15) is 0 Å². The lowest BCUT2D eigenvalue weighted by molar-refractivity contribution is 0.555. The van der Waals surface area contributed by atoms with Crippen LogP contribution in [0.2, 0.25) is 0 Å². The van der Waals surface area contributed by atoms with Gasteiger partial charge in [0, 0.05) is 13.2 Å². The van der Waals surface area contributed by atoms with Crippen LogP contribution in [-0.2, 0) is 0 Å². The lowest BCUT2D eigenvalue weighted by Crippen LogP contribution is -2.19. The Morgan fingerprint density at radius 1 is 1.70 bits per heavy atom. The molecular weight excluding hydrogens is 126 g/mol. The van der Waals surface area contributed by atoms with Crippen molar-refractivity contribution in [1.29, 1.82) is 0 Å². The van der Waals surface area contributed by atoms with Crippen LogP contribution in [0.25, 0.3) is 0 Å². The van der Waals surface area contributed by atoms with Gasteiger partial charge >= 0.3 is 0 Å². The Morgan fingerprint density at radius 3 is 2.90 bits per heavy atom. The highest BCUT2D eigenvalue weighted by atomic mass is 15.2. The van der Waals surface area contributed by atoms with Gasteiger partial charge in [0.15, 0.2) is 0 Å². The van der Waals surface area contributed by atoms with E-state index >= 15 is 0 Å². The molecule has 1 rings (SSSR count). The SMILES string of the molecule is C/C=C1/N=C(N)C=CN1C. The van der Waals surface area contributed by atoms with Crippen LogP contribution in [0.1, 0.15) is 6.92 Å². The molecule has 0 atom stereocenters. The molecule has 0 aromatic rings. The maximum atomic E-state index is 5.46. The van der Waals surface area contributed by atoms with E-state index in [1.54, 1.807) is 6.08 Å². The van der Waals surface area contributed by atoms with Crippen molar-refractivity contribution < 1.29 is 0 Å². The number of aliphatic imine (C=N–C) groups is 1. The van der Waals surface area contributed by atoms with Gasteiger partial charge in [-0.15, -0.1) is 0 Å². The smallest absolute Gasteiger partial charge is 0.130 e. The molecular formula is C7H11N3. The summed E-state index contributed by atoms with van der Waals surface area (Å²) in [6.45, 7) is 1.93. The Balaban J connectivity index is 2.88. The Kier molecular flexibility index (Phi) is 1.76. The first-order valence-electron chi connectivity index (χ1n) is 3.15. The maximum Gasteiger partial charge on any atom is 0.130 e. The van der Waals surface area contributed by atoms with E-state index in [-0.39, 0.29) is 0 Å². The van der Waals surface area contributed by atoms with Crippen LogP contribution in [0.5, 0.6) is 0 Å². The molecule has 0 aromatic heterocycles. The summed E-state index contributed by atoms with van der Waals surface area (Å²) < 4.78 is 0. The predicted molar refractivity (Wildman–Crippen MR) is 42.3 cm³/mol. The average molecular weight is 137 g/mol. The lowest BCUT2D eigenvalue weighted by Gasteiger charge is -2.17. The molecule has 1 aliphatic rings. The van der Waals surface area contributed by atoms with Gasteiger partial charge in [0.2, 0.25) is 0 Å². The van der Waals surface area contributed by atoms with Crippen molar-refractivity contribution in [3.8, 4) is 0 Å². The van der Waals surface area contributed by atoms with Gasteiger partial charge in [-0.1, -0.05) is 0 Å². The Bertz CT molecular complexity index is 213. The van der Waals surface area contributed by atoms with Crippen molar-refractivity contribution in [3.63, 3.8) is 0 Å². The van der Waals surface area contributed by atoms with Gasteiger partial charge in [-0.25, -0.2) is 4.99 Å². The molecule has 0 radical (unpaired) electrons. The first kappa shape index (κ1) is 6.86. The minimum atomic E-state index is 0.561. The van der Waals surface area contributed by atoms with E-state index in [1.165, 1.54) is 0 Å². The second-order valence-electron chi connectivity index (χ2n) is 2.11. The van der Waals surface area contributed by atoms with Crippen LogP contribution < -0.4 is 5.73 Å². The molecule has 2 N–H and O–H groups in total. The number of nitrogens with zero attached hydrogens (tertiary/aromatic N) is 2. The van der Waals surface area contributed by atoms with E-state index in [4.69, 9.17) is 5.73 Å². The van der Waals surface area contributed by atoms with Crippen LogP contribution in [0.15, 0.2) is 29.2 Å². The van der Waals surface area contributed by atoms with Crippen LogP contribution >= 0.6 is 0 Å². The van der Waals surface area contributed by atoms with Gasteiger partial charge in [-0.3, -0.25) is 0 Å². The molecule has 1 heterocycles. The zero-order valence-electron chi connectivity index (χ0n) is 6.20. The molecule has 3 heteroatoms. The lowest BCUT2D eigenvalue weighted by atomic mass is 10.4. The van der Waals surface area contributed by atoms with Crippen LogP contribution in [-0.4, -0.2) is 17.8 Å². The molecule has 0 bridgehead atoms. The maximum absolute atomic E-state index is 5.46. The van der Waals surface area contributed by atoms with Crippen LogP contribution in [0.3, 0.4) is 0 Å². The number of amidine groups is 1. The highest BCUT2D eigenvalue weighted by Crippen LogP contribution is 2.07. The quantitative estimate of drug-likeness (QED) is 0.533. The average Bonchev–Trinajstić information content (AvgIpc) is 1.94. The van der Waals surface area contributed by atoms with E-state index in [2.05, 4.69) is 4.99 Å². The normalized spacial score (nSPS) is 21.6. The van der Waals surface area contributed by atoms with Gasteiger partial charge < -0.3 is 10.6 Å². The topological polar surface area (TPSA) is 41.6 Å². The summed E-state index contributed by atoms with van der Waals surface area (Å²) in [6.07, 6.45) is 5.57. The molecule has 0 aromatic carbocycles. The zero-order chi connectivity index (χ0) is 7.56. The fraction of sp³-hybridized carbons (Fsp3) is 0.286. The molecule has 0 aliphatic carbocycles. The third-order valence-electron chi connectivity index (χ3n) is 1.33. The minimum absolute atomic E-state index is 0.561. The number of hydrogen-bond donors (Lipinski definition) is 1. The van der Waals surface area contributed by atoms with E-state index in [0.717, 1.165) is 5.82 Å². The third kappa shape index (κ3) is 1.18. The first-order valence-corrected chi connectivity index (χ1v) is 3.15. The zero-order valence-corrected chi connectivity index (χ0v) is 6.20. The minimum Gasteiger partial charge on any atom is -0.384 e. The summed E-state index contributed by atoms with van der Waals surface area (Å²) in [5.74, 6) is 1.45. The van der Waals surface area contributed by atoms with Crippen molar-refractivity contribution in [2.45, 2.75) is 6.92 Å². The Morgan fingerprint density at radius 2 is 2.40 bits per heavy atom. The first-order chi connectivity index (χ1) is 4.74. The number of allylic oxidation sites excluding steroid dienone is 1. The number of rotatable bonds is 0. The predicted octanol–water partition coefficient (Wildman–Crippen LogP) is 0.664. The molecule has 0 saturated carbocycles. The molecule has 0 spiro atoms. The monoisotopic (exact) mass is 137 g/mol. The van der Waals surface area contributed by atoms with Gasteiger partial charge in [0.1, 0.15) is 11.7 Å². The van der Waals surface area contributed by atoms with E-state index < -0.39 is 0 Å². The fourth-order valence-electron chi connectivity index (χ4n) is 0.781. The number of hydrogen-bond acceptors (Lipinski definition) is 3. The molecule has 0 amide bonds. The third-order valence-corrected chi connectivity index (χ3v) is 1.33. The van der Waals surface area contributed by atoms with Crippen molar-refractivity contribution >= 4 is 5.84 Å². The molecule has 0 fully saturated rings. The fourth-order valence-corrected chi connectivity index (χ4v) is 0.781. The highest BCUT2D eigenvalue weighted by molar-refractivity contribution is 5.92. The van der Waals surface area contributed by atoms with Gasteiger partial charge in [-0.05, 0) is 19.1 Å². The Labute approximate surface area is 60.5 Å². The Hall–Kier alpha value is -1.25. The van der Waals surface area contributed by atoms with Crippen molar-refractivity contribution in [2.24, 2.45) is 10.7 Å². The van der Waals surface area contributed by atoms with Gasteiger partial charge in [0.25, 0.3) is 0 Å². The summed E-state index contributed by atoms with van der Waals surface area (Å²) in [5.41, 5.74) is 5.46. The summed E-state index contributed by atoms with van der Waals surface area (Å²) >= 11 is 0. The van der Waals surface area contributed by atoms with E-state index in [1.807, 2.05) is 31.1 Å². The van der Waals surface area contributed by atoms with Gasteiger partial charge in [0.05, 0.1) is 0 Å². The highest BCUT2D eigenvalue weighted by Gasteiger charge is 2.02. The summed E-state index contributed by atoms with van der Waals surface area (Å²) in [6, 6.07) is 0. The molecule has 3 nitrogen and oxygen atoms in total. The van der Waals surface area contributed by atoms with Crippen LogP contribution in [0.4, 0.5) is 0 Å².